The summed E-state index contributed by atoms with van der Waals surface area (Å²) in [4.78, 5) is 4.75. The van der Waals surface area contributed by atoms with Crippen LogP contribution >= 0.6 is 24.0 Å². The molecule has 0 fully saturated rings. The lowest BCUT2D eigenvalue weighted by molar-refractivity contribution is 0.581. The summed E-state index contributed by atoms with van der Waals surface area (Å²) >= 11 is 0. The van der Waals surface area contributed by atoms with E-state index in [4.69, 9.17) is 0 Å². The average molecular weight is 549 g/mol. The summed E-state index contributed by atoms with van der Waals surface area (Å²) in [5.74, 6) is 1.58. The molecule has 168 valence electrons. The fourth-order valence-electron chi connectivity index (χ4n) is 2.80. The Labute approximate surface area is 196 Å². The van der Waals surface area contributed by atoms with Crippen LogP contribution in [-0.4, -0.2) is 55.3 Å². The van der Waals surface area contributed by atoms with E-state index >= 15 is 0 Å². The standard InChI is InChI=1S/C19H31N7O2S.HI/c1-5-18-25-23-14-26(18)12-11-22-19(20-6-2)21-9-10-24-29(27,28)17-13-15(3)7-8-16(17)4;/h7-8,13-14,24H,5-6,9-12H2,1-4H3,(H2,20,21,22);1H. The Hall–Kier alpha value is -1.73. The molecule has 3 N–H and O–H groups in total. The smallest absolute Gasteiger partial charge is 0.240 e. The highest BCUT2D eigenvalue weighted by Crippen LogP contribution is 2.16. The van der Waals surface area contributed by atoms with Gasteiger partial charge >= 0.3 is 0 Å². The third kappa shape index (κ3) is 7.84. The van der Waals surface area contributed by atoms with Crippen LogP contribution in [0.1, 0.15) is 30.8 Å². The molecule has 0 atom stereocenters. The van der Waals surface area contributed by atoms with Crippen LogP contribution in [0.4, 0.5) is 0 Å². The number of halogens is 1. The van der Waals surface area contributed by atoms with E-state index in [1.165, 1.54) is 0 Å². The minimum absolute atomic E-state index is 0. The van der Waals surface area contributed by atoms with Crippen molar-refractivity contribution in [2.45, 2.75) is 45.6 Å². The van der Waals surface area contributed by atoms with Crippen LogP contribution in [0.15, 0.2) is 34.4 Å². The number of sulfonamides is 1. The maximum absolute atomic E-state index is 12.5. The minimum Gasteiger partial charge on any atom is -0.357 e. The van der Waals surface area contributed by atoms with Gasteiger partial charge in [0.15, 0.2) is 5.96 Å². The highest BCUT2D eigenvalue weighted by Gasteiger charge is 2.16. The lowest BCUT2D eigenvalue weighted by Crippen LogP contribution is -2.39. The number of hydrogen-bond donors (Lipinski definition) is 3. The van der Waals surface area contributed by atoms with Gasteiger partial charge in [-0.3, -0.25) is 4.99 Å². The zero-order valence-corrected chi connectivity index (χ0v) is 21.1. The molecule has 0 aliphatic carbocycles. The van der Waals surface area contributed by atoms with Crippen molar-refractivity contribution in [3.8, 4) is 0 Å². The molecule has 0 amide bonds. The van der Waals surface area contributed by atoms with Crippen LogP contribution in [-0.2, 0) is 23.0 Å². The van der Waals surface area contributed by atoms with Crippen LogP contribution in [0.5, 0.6) is 0 Å². The maximum atomic E-state index is 12.5. The number of aromatic nitrogens is 3. The molecule has 1 aromatic heterocycles. The summed E-state index contributed by atoms with van der Waals surface area (Å²) in [6, 6.07) is 5.40. The molecule has 1 aromatic carbocycles. The molecule has 30 heavy (non-hydrogen) atoms. The highest BCUT2D eigenvalue weighted by molar-refractivity contribution is 14.0. The Morgan fingerprint density at radius 1 is 1.17 bits per heavy atom. The van der Waals surface area contributed by atoms with Gasteiger partial charge in [0, 0.05) is 32.6 Å². The third-order valence-corrected chi connectivity index (χ3v) is 5.91. The van der Waals surface area contributed by atoms with Crippen LogP contribution in [0.3, 0.4) is 0 Å². The predicted molar refractivity (Wildman–Crippen MR) is 130 cm³/mol. The van der Waals surface area contributed by atoms with E-state index in [0.717, 1.165) is 29.9 Å². The largest absolute Gasteiger partial charge is 0.357 e. The van der Waals surface area contributed by atoms with Gasteiger partial charge in [-0.05, 0) is 38.0 Å². The average Bonchev–Trinajstić information content (AvgIpc) is 3.14. The van der Waals surface area contributed by atoms with Gasteiger partial charge in [-0.25, -0.2) is 13.1 Å². The molecule has 9 nitrogen and oxygen atoms in total. The molecule has 0 unspecified atom stereocenters. The number of nitrogens with one attached hydrogen (secondary N) is 3. The lowest BCUT2D eigenvalue weighted by atomic mass is 10.2. The Bertz CT molecular complexity index is 929. The predicted octanol–water partition coefficient (Wildman–Crippen LogP) is 1.61. The summed E-state index contributed by atoms with van der Waals surface area (Å²) in [5, 5.41) is 14.4. The van der Waals surface area contributed by atoms with Crippen molar-refractivity contribution in [2.24, 2.45) is 4.99 Å². The number of guanidine groups is 1. The first-order chi connectivity index (χ1) is 13.9. The van der Waals surface area contributed by atoms with Crippen molar-refractivity contribution in [3.05, 3.63) is 41.5 Å². The summed E-state index contributed by atoms with van der Waals surface area (Å²) in [6.07, 6.45) is 2.54. The first kappa shape index (κ1) is 26.3. The van der Waals surface area contributed by atoms with Crippen LogP contribution in [0, 0.1) is 13.8 Å². The van der Waals surface area contributed by atoms with Gasteiger partial charge in [0.2, 0.25) is 10.0 Å². The van der Waals surface area contributed by atoms with Gasteiger partial charge in [-0.1, -0.05) is 19.1 Å². The van der Waals surface area contributed by atoms with Gasteiger partial charge in [0.1, 0.15) is 12.2 Å². The van der Waals surface area contributed by atoms with Gasteiger partial charge in [0.05, 0.1) is 11.4 Å². The normalized spacial score (nSPS) is 11.8. The van der Waals surface area contributed by atoms with Gasteiger partial charge in [0.25, 0.3) is 0 Å². The van der Waals surface area contributed by atoms with E-state index in [-0.39, 0.29) is 30.5 Å². The fourth-order valence-corrected chi connectivity index (χ4v) is 4.15. The van der Waals surface area contributed by atoms with Crippen LogP contribution in [0.2, 0.25) is 0 Å². The Kier molecular flexibility index (Phi) is 11.3. The van der Waals surface area contributed by atoms with Crippen molar-refractivity contribution in [1.82, 2.24) is 30.1 Å². The minimum atomic E-state index is -3.56. The van der Waals surface area contributed by atoms with E-state index in [0.29, 0.717) is 30.5 Å². The Balaban J connectivity index is 0.00000450. The number of rotatable bonds is 10. The van der Waals surface area contributed by atoms with Crippen molar-refractivity contribution >= 4 is 40.0 Å². The summed E-state index contributed by atoms with van der Waals surface area (Å²) in [5.41, 5.74) is 1.63. The molecule has 0 saturated heterocycles. The summed E-state index contributed by atoms with van der Waals surface area (Å²) in [7, 11) is -3.56. The summed E-state index contributed by atoms with van der Waals surface area (Å²) < 4.78 is 29.7. The van der Waals surface area contributed by atoms with Gasteiger partial charge < -0.3 is 15.2 Å². The first-order valence-electron chi connectivity index (χ1n) is 9.83. The number of hydrogen-bond acceptors (Lipinski definition) is 5. The number of nitrogens with zero attached hydrogens (tertiary/aromatic N) is 4. The van der Waals surface area contributed by atoms with Crippen molar-refractivity contribution in [1.29, 1.82) is 0 Å². The molecular formula is C19H32IN7O2S. The topological polar surface area (TPSA) is 113 Å². The monoisotopic (exact) mass is 549 g/mol. The van der Waals surface area contributed by atoms with E-state index in [2.05, 4.69) is 30.5 Å². The molecule has 2 aromatic rings. The Morgan fingerprint density at radius 3 is 2.63 bits per heavy atom. The fraction of sp³-hybridized carbons (Fsp3) is 0.526. The SMILES string of the molecule is CCNC(=NCCNS(=O)(=O)c1cc(C)ccc1C)NCCn1cnnc1CC.I. The van der Waals surface area contributed by atoms with E-state index in [9.17, 15) is 8.42 Å². The molecule has 0 bridgehead atoms. The maximum Gasteiger partial charge on any atom is 0.240 e. The molecular weight excluding hydrogens is 517 g/mol. The number of benzene rings is 1. The van der Waals surface area contributed by atoms with Crippen molar-refractivity contribution in [3.63, 3.8) is 0 Å². The third-order valence-electron chi connectivity index (χ3n) is 4.31. The molecule has 2 rings (SSSR count). The van der Waals surface area contributed by atoms with E-state index in [1.807, 2.05) is 37.5 Å². The zero-order chi connectivity index (χ0) is 21.3. The van der Waals surface area contributed by atoms with Crippen LogP contribution < -0.4 is 15.4 Å². The molecule has 0 saturated carbocycles. The second kappa shape index (κ2) is 12.8. The number of aliphatic imine (C=N–C) groups is 1. The molecule has 0 aliphatic rings. The molecule has 0 radical (unpaired) electrons. The van der Waals surface area contributed by atoms with E-state index < -0.39 is 10.0 Å². The highest BCUT2D eigenvalue weighted by atomic mass is 127. The first-order valence-corrected chi connectivity index (χ1v) is 11.3. The van der Waals surface area contributed by atoms with E-state index in [1.54, 1.807) is 19.3 Å². The Morgan fingerprint density at radius 2 is 1.93 bits per heavy atom. The molecule has 0 spiro atoms. The van der Waals surface area contributed by atoms with Crippen molar-refractivity contribution < 1.29 is 8.42 Å². The second-order valence-electron chi connectivity index (χ2n) is 6.65. The van der Waals surface area contributed by atoms with Gasteiger partial charge in [-0.2, -0.15) is 0 Å². The van der Waals surface area contributed by atoms with Crippen molar-refractivity contribution in [2.75, 3.05) is 26.2 Å². The molecule has 1 heterocycles. The second-order valence-corrected chi connectivity index (χ2v) is 8.38. The lowest BCUT2D eigenvalue weighted by Gasteiger charge is -2.13. The molecule has 11 heteroatoms. The quantitative estimate of drug-likeness (QED) is 0.180. The number of aryl methyl sites for hydroxylation is 3. The van der Waals surface area contributed by atoms with Crippen LogP contribution in [0.25, 0.3) is 0 Å². The molecule has 0 aliphatic heterocycles. The zero-order valence-electron chi connectivity index (χ0n) is 18.0. The van der Waals surface area contributed by atoms with Gasteiger partial charge in [-0.15, -0.1) is 34.2 Å². The summed E-state index contributed by atoms with van der Waals surface area (Å²) in [6.45, 7) is 10.3.